The number of aryl methyl sites for hydroxylation is 1. The highest BCUT2D eigenvalue weighted by molar-refractivity contribution is 7.91. The number of benzene rings is 1. The van der Waals surface area contributed by atoms with Gasteiger partial charge in [0, 0.05) is 12.6 Å². The molecule has 0 radical (unpaired) electrons. The number of fused-ring (bicyclic) bond motifs is 1. The molecule has 0 spiro atoms. The molecule has 5 nitrogen and oxygen atoms in total. The van der Waals surface area contributed by atoms with Gasteiger partial charge in [0.25, 0.3) is 0 Å². The molecule has 1 aromatic carbocycles. The molecule has 0 amide bonds. The van der Waals surface area contributed by atoms with Crippen molar-refractivity contribution in [1.82, 2.24) is 5.32 Å². The van der Waals surface area contributed by atoms with Crippen molar-refractivity contribution in [2.45, 2.75) is 43.9 Å². The van der Waals surface area contributed by atoms with Crippen molar-refractivity contribution < 1.29 is 18.3 Å². The van der Waals surface area contributed by atoms with E-state index in [2.05, 4.69) is 23.5 Å². The minimum absolute atomic E-state index is 0.0370. The van der Waals surface area contributed by atoms with Crippen molar-refractivity contribution >= 4 is 9.84 Å². The van der Waals surface area contributed by atoms with Gasteiger partial charge in [0.1, 0.15) is 0 Å². The number of ether oxygens (including phenoxy) is 1. The molecule has 3 rings (SSSR count). The first-order valence-corrected chi connectivity index (χ1v) is 10.2. The Morgan fingerprint density at radius 1 is 1.30 bits per heavy atom. The molecule has 2 aliphatic rings. The number of aliphatic hydroxyl groups is 1. The van der Waals surface area contributed by atoms with Gasteiger partial charge >= 0.3 is 0 Å². The van der Waals surface area contributed by atoms with E-state index in [9.17, 15) is 13.5 Å². The summed E-state index contributed by atoms with van der Waals surface area (Å²) in [6.45, 7) is 0.639. The quantitative estimate of drug-likeness (QED) is 0.815. The molecular formula is C17H25NO4S. The van der Waals surface area contributed by atoms with Crippen LogP contribution in [0.25, 0.3) is 0 Å². The maximum absolute atomic E-state index is 11.4. The monoisotopic (exact) mass is 339 g/mol. The second-order valence-corrected chi connectivity index (χ2v) is 8.80. The van der Waals surface area contributed by atoms with Gasteiger partial charge in [-0.25, -0.2) is 8.42 Å². The maximum atomic E-state index is 11.4. The van der Waals surface area contributed by atoms with Crippen LogP contribution in [0.1, 0.15) is 36.5 Å². The van der Waals surface area contributed by atoms with E-state index >= 15 is 0 Å². The number of hydrogen-bond donors (Lipinski definition) is 2. The number of nitrogens with one attached hydrogen (secondary N) is 1. The molecule has 1 heterocycles. The predicted molar refractivity (Wildman–Crippen MR) is 89.1 cm³/mol. The molecule has 0 bridgehead atoms. The highest BCUT2D eigenvalue weighted by atomic mass is 32.2. The standard InChI is InChI=1S/C17H25NO4S/c19-15(10-18-14-8-9-23(20,21)12-14)11-22-17-7-3-5-13-4-1-2-6-16(13)17/h1-2,4,6,14-15,17-19H,3,5,7-12H2/t14-,15+,17-/m0/s1. The molecule has 0 saturated carbocycles. The van der Waals surface area contributed by atoms with Gasteiger partial charge in [-0.05, 0) is 36.8 Å². The molecule has 3 atom stereocenters. The molecule has 1 saturated heterocycles. The molecule has 2 N–H and O–H groups in total. The first-order chi connectivity index (χ1) is 11.0. The van der Waals surface area contributed by atoms with Gasteiger partial charge in [0.15, 0.2) is 9.84 Å². The van der Waals surface area contributed by atoms with Gasteiger partial charge in [0.05, 0.1) is 30.3 Å². The van der Waals surface area contributed by atoms with E-state index in [1.54, 1.807) is 0 Å². The molecule has 6 heteroatoms. The third kappa shape index (κ3) is 4.53. The van der Waals surface area contributed by atoms with E-state index in [0.717, 1.165) is 19.3 Å². The van der Waals surface area contributed by atoms with Crippen molar-refractivity contribution in [3.63, 3.8) is 0 Å². The van der Waals surface area contributed by atoms with Gasteiger partial charge in [-0.1, -0.05) is 24.3 Å². The molecule has 128 valence electrons. The molecule has 23 heavy (non-hydrogen) atoms. The summed E-state index contributed by atoms with van der Waals surface area (Å²) in [6, 6.07) is 8.29. The molecule has 1 aliphatic heterocycles. The summed E-state index contributed by atoms with van der Waals surface area (Å²) >= 11 is 0. The van der Waals surface area contributed by atoms with Gasteiger partial charge < -0.3 is 15.2 Å². The van der Waals surface area contributed by atoms with Gasteiger partial charge in [-0.3, -0.25) is 0 Å². The number of aliphatic hydroxyl groups excluding tert-OH is 1. The molecule has 1 fully saturated rings. The van der Waals surface area contributed by atoms with Crippen LogP contribution in [0, 0.1) is 0 Å². The van der Waals surface area contributed by atoms with Crippen LogP contribution in [-0.2, 0) is 21.0 Å². The van der Waals surface area contributed by atoms with E-state index in [4.69, 9.17) is 4.74 Å². The Morgan fingerprint density at radius 3 is 2.91 bits per heavy atom. The van der Waals surface area contributed by atoms with Crippen LogP contribution in [0.2, 0.25) is 0 Å². The molecule has 0 unspecified atom stereocenters. The van der Waals surface area contributed by atoms with E-state index in [1.165, 1.54) is 11.1 Å². The van der Waals surface area contributed by atoms with Crippen molar-refractivity contribution in [3.05, 3.63) is 35.4 Å². The van der Waals surface area contributed by atoms with E-state index in [-0.39, 0.29) is 30.3 Å². The van der Waals surface area contributed by atoms with E-state index in [1.807, 2.05) is 6.07 Å². The number of rotatable bonds is 6. The second kappa shape index (κ2) is 7.30. The molecular weight excluding hydrogens is 314 g/mol. The Labute approximate surface area is 138 Å². The zero-order valence-corrected chi connectivity index (χ0v) is 14.1. The Kier molecular flexibility index (Phi) is 5.36. The van der Waals surface area contributed by atoms with Crippen LogP contribution in [-0.4, -0.2) is 50.3 Å². The third-order valence-corrected chi connectivity index (χ3v) is 6.45. The first-order valence-electron chi connectivity index (χ1n) is 8.35. The second-order valence-electron chi connectivity index (χ2n) is 6.58. The summed E-state index contributed by atoms with van der Waals surface area (Å²) in [7, 11) is -2.88. The lowest BCUT2D eigenvalue weighted by molar-refractivity contribution is -0.0172. The number of sulfone groups is 1. The first kappa shape index (κ1) is 16.9. The van der Waals surface area contributed by atoms with Crippen LogP contribution in [0.4, 0.5) is 0 Å². The van der Waals surface area contributed by atoms with E-state index in [0.29, 0.717) is 13.0 Å². The Morgan fingerprint density at radius 2 is 2.13 bits per heavy atom. The normalized spacial score (nSPS) is 27.5. The average Bonchev–Trinajstić information content (AvgIpc) is 2.90. The molecule has 1 aromatic rings. The van der Waals surface area contributed by atoms with Crippen LogP contribution in [0.15, 0.2) is 24.3 Å². The third-order valence-electron chi connectivity index (χ3n) is 4.68. The fourth-order valence-corrected chi connectivity index (χ4v) is 5.14. The fraction of sp³-hybridized carbons (Fsp3) is 0.647. The lowest BCUT2D eigenvalue weighted by atomic mass is 9.89. The summed E-state index contributed by atoms with van der Waals surface area (Å²) < 4.78 is 28.7. The van der Waals surface area contributed by atoms with Gasteiger partial charge in [0.2, 0.25) is 0 Å². The summed E-state index contributed by atoms with van der Waals surface area (Å²) in [6.07, 6.45) is 3.25. The SMILES string of the molecule is O=S1(=O)CC[C@H](NC[C@@H](O)CO[C@H]2CCCc3ccccc32)C1. The van der Waals surface area contributed by atoms with Crippen LogP contribution < -0.4 is 5.32 Å². The Balaban J connectivity index is 1.44. The van der Waals surface area contributed by atoms with Crippen molar-refractivity contribution in [3.8, 4) is 0 Å². The number of hydrogen-bond acceptors (Lipinski definition) is 5. The maximum Gasteiger partial charge on any atom is 0.151 e. The zero-order valence-electron chi connectivity index (χ0n) is 13.3. The smallest absolute Gasteiger partial charge is 0.151 e. The van der Waals surface area contributed by atoms with Crippen molar-refractivity contribution in [2.75, 3.05) is 24.7 Å². The minimum atomic E-state index is -2.88. The van der Waals surface area contributed by atoms with Crippen LogP contribution in [0.5, 0.6) is 0 Å². The lowest BCUT2D eigenvalue weighted by Crippen LogP contribution is -2.38. The van der Waals surface area contributed by atoms with Gasteiger partial charge in [-0.15, -0.1) is 0 Å². The van der Waals surface area contributed by atoms with Crippen molar-refractivity contribution in [2.24, 2.45) is 0 Å². The topological polar surface area (TPSA) is 75.6 Å². The summed E-state index contributed by atoms with van der Waals surface area (Å²) in [5.41, 5.74) is 2.58. The largest absolute Gasteiger partial charge is 0.389 e. The fourth-order valence-electron chi connectivity index (χ4n) is 3.43. The summed E-state index contributed by atoms with van der Waals surface area (Å²) in [4.78, 5) is 0. The predicted octanol–water partition coefficient (Wildman–Crippen LogP) is 1.22. The summed E-state index contributed by atoms with van der Waals surface area (Å²) in [5, 5.41) is 13.2. The van der Waals surface area contributed by atoms with E-state index < -0.39 is 15.9 Å². The molecule has 1 aliphatic carbocycles. The Bertz CT molecular complexity index is 631. The highest BCUT2D eigenvalue weighted by Gasteiger charge is 2.28. The van der Waals surface area contributed by atoms with Crippen molar-refractivity contribution in [1.29, 1.82) is 0 Å². The highest BCUT2D eigenvalue weighted by Crippen LogP contribution is 2.32. The van der Waals surface area contributed by atoms with Crippen LogP contribution >= 0.6 is 0 Å². The van der Waals surface area contributed by atoms with Crippen LogP contribution in [0.3, 0.4) is 0 Å². The lowest BCUT2D eigenvalue weighted by Gasteiger charge is -2.27. The summed E-state index contributed by atoms with van der Waals surface area (Å²) in [5.74, 6) is 0.423. The Hall–Kier alpha value is -0.950. The minimum Gasteiger partial charge on any atom is -0.389 e. The van der Waals surface area contributed by atoms with Gasteiger partial charge in [-0.2, -0.15) is 0 Å². The molecule has 0 aromatic heterocycles. The zero-order chi connectivity index (χ0) is 16.3. The average molecular weight is 339 g/mol.